The summed E-state index contributed by atoms with van der Waals surface area (Å²) in [7, 11) is 0. The molecule has 1 spiro atoms. The van der Waals surface area contributed by atoms with Crippen molar-refractivity contribution in [1.82, 2.24) is 19.7 Å². The van der Waals surface area contributed by atoms with Crippen molar-refractivity contribution in [3.8, 4) is 5.69 Å². The van der Waals surface area contributed by atoms with Gasteiger partial charge in [-0.25, -0.2) is 0 Å². The second-order valence-corrected chi connectivity index (χ2v) is 10.9. The van der Waals surface area contributed by atoms with Crippen LogP contribution in [0.2, 0.25) is 5.02 Å². The maximum atomic E-state index is 13.6. The van der Waals surface area contributed by atoms with Gasteiger partial charge in [-0.1, -0.05) is 60.9 Å². The van der Waals surface area contributed by atoms with Crippen molar-refractivity contribution in [2.24, 2.45) is 5.41 Å². The highest BCUT2D eigenvalue weighted by Crippen LogP contribution is 2.46. The molecule has 1 saturated carbocycles. The fourth-order valence-electron chi connectivity index (χ4n) is 6.38. The van der Waals surface area contributed by atoms with Gasteiger partial charge in [0.25, 0.3) is 0 Å². The lowest BCUT2D eigenvalue weighted by atomic mass is 9.77. The first-order valence-corrected chi connectivity index (χ1v) is 13.2. The van der Waals surface area contributed by atoms with Crippen LogP contribution in [-0.4, -0.2) is 38.7 Å². The number of carbonyl (C=O) groups excluding carboxylic acids is 1. The van der Waals surface area contributed by atoms with Crippen LogP contribution in [0.25, 0.3) is 11.3 Å². The summed E-state index contributed by atoms with van der Waals surface area (Å²) in [5.74, 6) is 1.71. The maximum Gasteiger partial charge on any atom is 0.223 e. The molecule has 1 aliphatic carbocycles. The van der Waals surface area contributed by atoms with Crippen LogP contribution < -0.4 is 0 Å². The molecule has 3 aromatic rings. The van der Waals surface area contributed by atoms with Gasteiger partial charge in [0.1, 0.15) is 11.6 Å². The molecule has 5 nitrogen and oxygen atoms in total. The Morgan fingerprint density at radius 3 is 2.46 bits per heavy atom. The van der Waals surface area contributed by atoms with Crippen LogP contribution in [0.4, 0.5) is 0 Å². The third-order valence-electron chi connectivity index (χ3n) is 8.38. The summed E-state index contributed by atoms with van der Waals surface area (Å²) >= 11 is 6.20. The van der Waals surface area contributed by atoms with E-state index in [1.54, 1.807) is 0 Å². The molecule has 35 heavy (non-hydrogen) atoms. The van der Waals surface area contributed by atoms with Crippen LogP contribution in [0.3, 0.4) is 0 Å². The van der Waals surface area contributed by atoms with Crippen molar-refractivity contribution in [2.75, 3.05) is 13.1 Å². The first kappa shape index (κ1) is 22.5. The van der Waals surface area contributed by atoms with E-state index in [-0.39, 0.29) is 11.8 Å². The Morgan fingerprint density at radius 2 is 1.71 bits per heavy atom. The molecule has 3 aliphatic rings. The second-order valence-electron chi connectivity index (χ2n) is 10.4. The lowest BCUT2D eigenvalue weighted by Gasteiger charge is -2.39. The van der Waals surface area contributed by atoms with E-state index in [9.17, 15) is 4.79 Å². The van der Waals surface area contributed by atoms with Crippen molar-refractivity contribution in [1.29, 1.82) is 0 Å². The number of amides is 1. The number of para-hydroxylation sites is 1. The molecule has 0 N–H and O–H groups in total. The minimum absolute atomic E-state index is 0.163. The quantitative estimate of drug-likeness (QED) is 0.434. The molecule has 0 radical (unpaired) electrons. The summed E-state index contributed by atoms with van der Waals surface area (Å²) < 4.78 is 2.12. The van der Waals surface area contributed by atoms with Gasteiger partial charge in [-0.15, -0.1) is 10.2 Å². The summed E-state index contributed by atoms with van der Waals surface area (Å²) in [6, 6.07) is 16.3. The summed E-state index contributed by atoms with van der Waals surface area (Å²) in [6.07, 6.45) is 10.3. The van der Waals surface area contributed by atoms with Crippen molar-refractivity contribution in [2.45, 2.75) is 57.8 Å². The minimum atomic E-state index is -0.163. The number of allylic oxidation sites excluding steroid dienone is 1. The molecule has 0 unspecified atom stereocenters. The normalized spacial score (nSPS) is 20.8. The number of fused-ring (bicyclic) bond motifs is 3. The molecule has 1 aromatic heterocycles. The Kier molecular flexibility index (Phi) is 5.76. The molecule has 0 bridgehead atoms. The third-order valence-corrected chi connectivity index (χ3v) is 8.63. The Hall–Kier alpha value is -2.92. The first-order chi connectivity index (χ1) is 17.0. The molecule has 2 aromatic carbocycles. The Morgan fingerprint density at radius 1 is 1.00 bits per heavy atom. The van der Waals surface area contributed by atoms with E-state index in [0.29, 0.717) is 16.9 Å². The van der Waals surface area contributed by atoms with Gasteiger partial charge in [-0.2, -0.15) is 0 Å². The van der Waals surface area contributed by atoms with Gasteiger partial charge in [0.15, 0.2) is 0 Å². The predicted octanol–water partition coefficient (Wildman–Crippen LogP) is 6.33. The van der Waals surface area contributed by atoms with Gasteiger partial charge in [0, 0.05) is 36.0 Å². The lowest BCUT2D eigenvalue weighted by molar-refractivity contribution is -0.133. The molecule has 3 heterocycles. The number of carbonyl (C=O) groups is 1. The van der Waals surface area contributed by atoms with E-state index in [4.69, 9.17) is 11.6 Å². The van der Waals surface area contributed by atoms with E-state index < -0.39 is 0 Å². The fourth-order valence-corrected chi connectivity index (χ4v) is 6.51. The molecule has 1 amide bonds. The van der Waals surface area contributed by atoms with Crippen LogP contribution in [-0.2, 0) is 4.79 Å². The number of halogens is 1. The van der Waals surface area contributed by atoms with Gasteiger partial charge in [0.05, 0.1) is 5.69 Å². The van der Waals surface area contributed by atoms with Crippen LogP contribution in [0, 0.1) is 12.3 Å². The monoisotopic (exact) mass is 486 g/mol. The number of hydrogen-bond acceptors (Lipinski definition) is 3. The van der Waals surface area contributed by atoms with Gasteiger partial charge in [-0.05, 0) is 67.4 Å². The zero-order valence-corrected chi connectivity index (χ0v) is 21.0. The SMILES string of the molecule is Cc1nnc2n1-c1ccccc1C(c1ccc(Cl)cc1)=C[C@H]2CC(=O)N1CCC2(CCCC2)CC1. The van der Waals surface area contributed by atoms with Crippen LogP contribution in [0.15, 0.2) is 54.6 Å². The van der Waals surface area contributed by atoms with Crippen LogP contribution >= 0.6 is 11.6 Å². The molecular formula is C29H31ClN4O. The number of piperidine rings is 1. The topological polar surface area (TPSA) is 51.0 Å². The molecule has 1 atom stereocenters. The van der Waals surface area contributed by atoms with Crippen LogP contribution in [0.5, 0.6) is 0 Å². The Bertz CT molecular complexity index is 1280. The van der Waals surface area contributed by atoms with Crippen molar-refractivity contribution >= 4 is 23.1 Å². The second kappa shape index (κ2) is 8.94. The summed E-state index contributed by atoms with van der Waals surface area (Å²) in [6.45, 7) is 3.74. The first-order valence-electron chi connectivity index (χ1n) is 12.8. The molecule has 1 saturated heterocycles. The fraction of sp³-hybridized carbons (Fsp3) is 0.414. The van der Waals surface area contributed by atoms with Gasteiger partial charge >= 0.3 is 0 Å². The van der Waals surface area contributed by atoms with Crippen LogP contribution in [0.1, 0.15) is 73.6 Å². The summed E-state index contributed by atoms with van der Waals surface area (Å²) in [5, 5.41) is 9.69. The molecule has 2 aliphatic heterocycles. The highest BCUT2D eigenvalue weighted by Gasteiger charge is 2.38. The third kappa shape index (κ3) is 4.10. The molecular weight excluding hydrogens is 456 g/mol. The Balaban J connectivity index is 1.35. The van der Waals surface area contributed by atoms with Gasteiger partial charge in [-0.3, -0.25) is 9.36 Å². The number of nitrogens with zero attached hydrogens (tertiary/aromatic N) is 4. The summed E-state index contributed by atoms with van der Waals surface area (Å²) in [5.41, 5.74) is 4.83. The largest absolute Gasteiger partial charge is 0.343 e. The predicted molar refractivity (Wildman–Crippen MR) is 139 cm³/mol. The molecule has 6 heteroatoms. The standard InChI is InChI=1S/C29H31ClN4O/c1-20-31-32-28-22(19-27(35)33-16-14-29(15-17-33)12-4-5-13-29)18-25(21-8-10-23(30)11-9-21)24-6-2-3-7-26(24)34(20)28/h2-3,6-11,18,22H,4-5,12-17,19H2,1H3/t22-/m0/s1. The number of likely N-dealkylation sites (tertiary alicyclic amines) is 1. The highest BCUT2D eigenvalue weighted by atomic mass is 35.5. The van der Waals surface area contributed by atoms with Crippen molar-refractivity contribution in [3.63, 3.8) is 0 Å². The number of aromatic nitrogens is 3. The maximum absolute atomic E-state index is 13.6. The summed E-state index contributed by atoms with van der Waals surface area (Å²) in [4.78, 5) is 15.7. The van der Waals surface area contributed by atoms with E-state index in [1.165, 1.54) is 25.7 Å². The number of benzene rings is 2. The van der Waals surface area contributed by atoms with Crippen molar-refractivity contribution in [3.05, 3.63) is 82.4 Å². The average molecular weight is 487 g/mol. The minimum Gasteiger partial charge on any atom is -0.343 e. The van der Waals surface area contributed by atoms with Gasteiger partial charge in [0.2, 0.25) is 5.91 Å². The van der Waals surface area contributed by atoms with Gasteiger partial charge < -0.3 is 4.90 Å². The zero-order valence-electron chi connectivity index (χ0n) is 20.2. The smallest absolute Gasteiger partial charge is 0.223 e. The zero-order chi connectivity index (χ0) is 24.0. The lowest BCUT2D eigenvalue weighted by Crippen LogP contribution is -2.42. The highest BCUT2D eigenvalue weighted by molar-refractivity contribution is 6.30. The van der Waals surface area contributed by atoms with E-state index in [0.717, 1.165) is 60.0 Å². The number of rotatable bonds is 3. The average Bonchev–Trinajstić information content (AvgIpc) is 3.46. The van der Waals surface area contributed by atoms with E-state index >= 15 is 0 Å². The van der Waals surface area contributed by atoms with Crippen molar-refractivity contribution < 1.29 is 4.79 Å². The molecule has 6 rings (SSSR count). The molecule has 2 fully saturated rings. The number of hydrogen-bond donors (Lipinski definition) is 0. The Labute approximate surface area is 211 Å². The molecule has 180 valence electrons. The number of aryl methyl sites for hydroxylation is 1. The van der Waals surface area contributed by atoms with E-state index in [1.807, 2.05) is 25.1 Å². The van der Waals surface area contributed by atoms with E-state index in [2.05, 4.69) is 56.1 Å².